The Balaban J connectivity index is 1.21. The van der Waals surface area contributed by atoms with Crippen molar-refractivity contribution in [2.75, 3.05) is 18.9 Å². The lowest BCUT2D eigenvalue weighted by Crippen LogP contribution is -2.47. The highest BCUT2D eigenvalue weighted by molar-refractivity contribution is 5.95. The number of amides is 1. The number of phenolic OH excluding ortho intramolecular Hbond substituents is 1. The number of nitrogens with zero attached hydrogens (tertiary/aromatic N) is 2. The third-order valence-electron chi connectivity index (χ3n) is 9.56. The minimum Gasteiger partial charge on any atom is -0.508 e. The molecule has 0 radical (unpaired) electrons. The van der Waals surface area contributed by atoms with Crippen LogP contribution in [0.4, 0.5) is 10.5 Å². The van der Waals surface area contributed by atoms with E-state index < -0.39 is 17.7 Å². The van der Waals surface area contributed by atoms with Gasteiger partial charge in [-0.05, 0) is 86.8 Å². The Kier molecular flexibility index (Phi) is 9.89. The van der Waals surface area contributed by atoms with Gasteiger partial charge in [0.1, 0.15) is 19.0 Å². The van der Waals surface area contributed by atoms with Crippen LogP contribution >= 0.6 is 0 Å². The second-order valence-electron chi connectivity index (χ2n) is 12.5. The number of unbranched alkanes of at least 4 members (excludes halogenated alkanes) is 1. The predicted molar refractivity (Wildman–Crippen MR) is 185 cm³/mol. The number of aromatic hydroxyl groups is 1. The number of hydrogen-bond acceptors (Lipinski definition) is 11. The van der Waals surface area contributed by atoms with Crippen LogP contribution in [0.15, 0.2) is 53.3 Å². The number of nitrogens with one attached hydrogen (secondary N) is 2. The average molecular weight is 684 g/mol. The summed E-state index contributed by atoms with van der Waals surface area (Å²) in [5, 5.41) is 16.8. The zero-order chi connectivity index (χ0) is 35.6. The number of phenols is 1. The molecule has 2 aromatic carbocycles. The number of hydrogen-bond donors (Lipinski definition) is 4. The molecule has 1 amide bonds. The number of fused-ring (bicyclic) bond motifs is 5. The molecular formula is C37H41N5O8. The number of likely N-dealkylation sites (N-methyl/N-ethyl adjacent to an activating group) is 1. The summed E-state index contributed by atoms with van der Waals surface area (Å²) >= 11 is 0. The first-order valence-electron chi connectivity index (χ1n) is 16.9. The highest BCUT2D eigenvalue weighted by Crippen LogP contribution is 2.42. The summed E-state index contributed by atoms with van der Waals surface area (Å²) in [6.07, 6.45) is 1.86. The van der Waals surface area contributed by atoms with Gasteiger partial charge in [-0.1, -0.05) is 32.4 Å². The molecule has 4 heterocycles. The van der Waals surface area contributed by atoms with E-state index in [0.29, 0.717) is 47.5 Å². The Labute approximate surface area is 288 Å². The van der Waals surface area contributed by atoms with Crippen LogP contribution in [0.5, 0.6) is 5.75 Å². The number of esters is 1. The summed E-state index contributed by atoms with van der Waals surface area (Å²) in [4.78, 5) is 58.0. The van der Waals surface area contributed by atoms with Crippen molar-refractivity contribution in [2.45, 2.75) is 77.4 Å². The summed E-state index contributed by atoms with van der Waals surface area (Å²) in [6.45, 7) is 4.08. The van der Waals surface area contributed by atoms with Gasteiger partial charge in [0, 0.05) is 22.2 Å². The van der Waals surface area contributed by atoms with Gasteiger partial charge in [-0.15, -0.1) is 0 Å². The number of carbonyl (C=O) groups is 3. The molecule has 262 valence electrons. The number of nitrogens with two attached hydrogens (primary N) is 1. The van der Waals surface area contributed by atoms with Gasteiger partial charge in [0.25, 0.3) is 5.56 Å². The van der Waals surface area contributed by atoms with Crippen LogP contribution in [0.3, 0.4) is 0 Å². The molecule has 0 bridgehead atoms. The molecule has 0 aliphatic carbocycles. The lowest BCUT2D eigenvalue weighted by Gasteiger charge is -2.35. The molecule has 5 N–H and O–H groups in total. The third kappa shape index (κ3) is 6.29. The fraction of sp³-hybridized carbons (Fsp3) is 0.378. The molecule has 2 aromatic heterocycles. The number of ether oxygens (including phenoxy) is 3. The number of aromatic nitrogens is 2. The minimum absolute atomic E-state index is 0.0114. The number of rotatable bonds is 12. The number of aryl methyl sites for hydroxylation is 1. The summed E-state index contributed by atoms with van der Waals surface area (Å²) in [5.74, 6) is -0.838. The molecule has 2 atom stereocenters. The Morgan fingerprint density at radius 3 is 2.58 bits per heavy atom. The van der Waals surface area contributed by atoms with Crippen molar-refractivity contribution < 1.29 is 33.7 Å². The van der Waals surface area contributed by atoms with Crippen LogP contribution in [-0.4, -0.2) is 52.3 Å². The van der Waals surface area contributed by atoms with E-state index >= 15 is 0 Å². The van der Waals surface area contributed by atoms with E-state index in [2.05, 4.69) is 10.6 Å². The average Bonchev–Trinajstić information content (AvgIpc) is 3.48. The zero-order valence-corrected chi connectivity index (χ0v) is 28.3. The fourth-order valence-electron chi connectivity index (χ4n) is 6.84. The number of cyclic esters (lactones) is 1. The summed E-state index contributed by atoms with van der Waals surface area (Å²) in [6, 6.07) is 13.1. The highest BCUT2D eigenvalue weighted by atomic mass is 16.7. The topological polar surface area (TPSA) is 184 Å². The Bertz CT molecular complexity index is 2030. The van der Waals surface area contributed by atoms with Gasteiger partial charge in [0.2, 0.25) is 11.5 Å². The van der Waals surface area contributed by atoms with E-state index in [4.69, 9.17) is 24.9 Å². The van der Waals surface area contributed by atoms with Crippen LogP contribution in [0.1, 0.15) is 67.3 Å². The Morgan fingerprint density at radius 1 is 1.10 bits per heavy atom. The van der Waals surface area contributed by atoms with Crippen molar-refractivity contribution in [3.63, 3.8) is 0 Å². The minimum atomic E-state index is -1.92. The summed E-state index contributed by atoms with van der Waals surface area (Å²) in [7, 11) is 1.74. The van der Waals surface area contributed by atoms with Gasteiger partial charge in [-0.25, -0.2) is 14.6 Å². The maximum absolute atomic E-state index is 13.9. The second-order valence-corrected chi connectivity index (χ2v) is 12.5. The monoisotopic (exact) mass is 683 g/mol. The zero-order valence-electron chi connectivity index (χ0n) is 28.3. The largest absolute Gasteiger partial charge is 0.510 e. The fourth-order valence-corrected chi connectivity index (χ4v) is 6.84. The second kappa shape index (κ2) is 14.3. The number of anilines is 1. The first kappa shape index (κ1) is 34.6. The molecule has 6 rings (SSSR count). The van der Waals surface area contributed by atoms with Crippen molar-refractivity contribution >= 4 is 34.6 Å². The van der Waals surface area contributed by atoms with Crippen molar-refractivity contribution in [1.29, 1.82) is 0 Å². The van der Waals surface area contributed by atoms with Crippen LogP contribution < -0.4 is 21.9 Å². The SMILES string of the molecule is CCc1c2c(nc3ccc(O)cc13)-c1cc3c(c(=O)n1C2)COC(=O)[C@@]3(CC)OC(=O)OCc1ccc(NC(=O)[C@H](CCCCN)NC)cc1. The maximum atomic E-state index is 13.9. The van der Waals surface area contributed by atoms with Gasteiger partial charge in [-0.3, -0.25) is 9.59 Å². The number of benzene rings is 2. The molecular weight excluding hydrogens is 642 g/mol. The summed E-state index contributed by atoms with van der Waals surface area (Å²) < 4.78 is 18.2. The molecule has 2 aliphatic rings. The van der Waals surface area contributed by atoms with E-state index in [1.54, 1.807) is 67.1 Å². The first-order chi connectivity index (χ1) is 24.1. The Morgan fingerprint density at radius 2 is 1.88 bits per heavy atom. The van der Waals surface area contributed by atoms with Crippen LogP contribution in [0, 0.1) is 0 Å². The van der Waals surface area contributed by atoms with E-state index in [-0.39, 0.29) is 60.6 Å². The van der Waals surface area contributed by atoms with Gasteiger partial charge in [0.05, 0.1) is 35.1 Å². The van der Waals surface area contributed by atoms with E-state index in [0.717, 1.165) is 29.4 Å². The van der Waals surface area contributed by atoms with Crippen molar-refractivity contribution in [3.05, 3.63) is 86.7 Å². The molecule has 0 saturated heterocycles. The number of pyridine rings is 2. The maximum Gasteiger partial charge on any atom is 0.510 e. The van der Waals surface area contributed by atoms with Crippen molar-refractivity contribution in [3.8, 4) is 17.1 Å². The summed E-state index contributed by atoms with van der Waals surface area (Å²) in [5.41, 5.74) is 8.52. The Hall–Kier alpha value is -5.27. The standard InChI is InChI=1S/C37H41N5O8/c1-4-24-25-16-23(43)13-14-29(25)41-32-26(24)18-42-31(32)17-28-27(34(42)45)20-48-35(46)37(28,5-2)50-36(47)49-19-21-9-11-22(12-10-21)40-33(44)30(39-3)8-6-7-15-38/h9-14,16-17,30,39,43H,4-8,15,18-20,38H2,1-3H3,(H,40,44)/t30-,37-/m0/s1. The molecule has 4 aromatic rings. The van der Waals surface area contributed by atoms with Crippen LogP contribution in [-0.2, 0) is 55.6 Å². The van der Waals surface area contributed by atoms with Crippen molar-refractivity contribution in [1.82, 2.24) is 14.9 Å². The predicted octanol–water partition coefficient (Wildman–Crippen LogP) is 4.36. The molecule has 2 aliphatic heterocycles. The normalized spacial score (nSPS) is 16.6. The van der Waals surface area contributed by atoms with E-state index in [1.165, 1.54) is 0 Å². The molecule has 13 nitrogen and oxygen atoms in total. The van der Waals surface area contributed by atoms with Gasteiger partial charge in [-0.2, -0.15) is 0 Å². The highest BCUT2D eigenvalue weighted by Gasteiger charge is 2.51. The molecule has 13 heteroatoms. The molecule has 0 spiro atoms. The number of carbonyl (C=O) groups excluding carboxylic acids is 3. The van der Waals surface area contributed by atoms with Gasteiger partial charge >= 0.3 is 12.1 Å². The van der Waals surface area contributed by atoms with Crippen LogP contribution in [0.2, 0.25) is 0 Å². The van der Waals surface area contributed by atoms with Crippen molar-refractivity contribution in [2.24, 2.45) is 5.73 Å². The molecule has 50 heavy (non-hydrogen) atoms. The third-order valence-corrected chi connectivity index (χ3v) is 9.56. The van der Waals surface area contributed by atoms with E-state index in [1.807, 2.05) is 6.92 Å². The van der Waals surface area contributed by atoms with Crippen LogP contribution in [0.25, 0.3) is 22.3 Å². The van der Waals surface area contributed by atoms with Gasteiger partial charge in [0.15, 0.2) is 0 Å². The lowest BCUT2D eigenvalue weighted by atomic mass is 9.85. The molecule has 0 fully saturated rings. The molecule has 0 saturated carbocycles. The smallest absolute Gasteiger partial charge is 0.508 e. The van der Waals surface area contributed by atoms with Gasteiger partial charge < -0.3 is 40.3 Å². The first-order valence-corrected chi connectivity index (χ1v) is 16.9. The quantitative estimate of drug-likeness (QED) is 0.108. The lowest BCUT2D eigenvalue weighted by molar-refractivity contribution is -0.175. The van der Waals surface area contributed by atoms with E-state index in [9.17, 15) is 24.3 Å². The molecule has 0 unspecified atom stereocenters.